The van der Waals surface area contributed by atoms with E-state index in [2.05, 4.69) is 0 Å². The molecule has 0 bridgehead atoms. The molecule has 1 aromatic rings. The minimum Gasteiger partial charge on any atom is -0.366 e. The van der Waals surface area contributed by atoms with Crippen molar-refractivity contribution in [1.82, 2.24) is 4.90 Å². The Morgan fingerprint density at radius 1 is 1.56 bits per heavy atom. The van der Waals surface area contributed by atoms with Crippen LogP contribution in [0.1, 0.15) is 28.4 Å². The molecule has 2 amide bonds. The van der Waals surface area contributed by atoms with Crippen LogP contribution in [0.5, 0.6) is 0 Å². The van der Waals surface area contributed by atoms with Gasteiger partial charge in [0.05, 0.1) is 6.54 Å². The molecule has 0 saturated carbocycles. The normalized spacial score (nSPS) is 15.7. The number of ether oxygens (including phenoxy) is 1. The quantitative estimate of drug-likeness (QED) is 0.856. The topological polar surface area (TPSA) is 72.6 Å². The summed E-state index contributed by atoms with van der Waals surface area (Å²) in [5.41, 5.74) is 7.87. The molecule has 2 rings (SSSR count). The molecule has 0 aliphatic carbocycles. The highest BCUT2D eigenvalue weighted by Crippen LogP contribution is 2.27. The van der Waals surface area contributed by atoms with Gasteiger partial charge in [-0.15, -0.1) is 0 Å². The molecule has 5 nitrogen and oxygen atoms in total. The summed E-state index contributed by atoms with van der Waals surface area (Å²) in [7, 11) is 0. The molecule has 1 aliphatic rings. The molecule has 0 radical (unpaired) electrons. The Bertz CT molecular complexity index is 499. The number of aryl methyl sites for hydroxylation is 1. The lowest BCUT2D eigenvalue weighted by Gasteiger charge is -2.24. The lowest BCUT2D eigenvalue weighted by atomic mass is 10.1. The number of primary amides is 1. The number of rotatable bonds is 4. The van der Waals surface area contributed by atoms with E-state index in [1.165, 1.54) is 4.90 Å². The minimum absolute atomic E-state index is 0.203. The molecule has 1 aromatic carbocycles. The van der Waals surface area contributed by atoms with E-state index in [0.29, 0.717) is 18.7 Å². The van der Waals surface area contributed by atoms with Crippen molar-refractivity contribution in [3.05, 3.63) is 34.9 Å². The van der Waals surface area contributed by atoms with Crippen LogP contribution < -0.4 is 5.73 Å². The number of benzene rings is 1. The third-order valence-electron chi connectivity index (χ3n) is 3.08. The Hall–Kier alpha value is -1.88. The molecule has 0 fully saturated rings. The summed E-state index contributed by atoms with van der Waals surface area (Å²) in [6.07, 6.45) is -0.991. The zero-order chi connectivity index (χ0) is 13.3. The van der Waals surface area contributed by atoms with Gasteiger partial charge in [-0.1, -0.05) is 12.1 Å². The Balaban J connectivity index is 2.33. The molecular weight excluding hydrogens is 232 g/mol. The summed E-state index contributed by atoms with van der Waals surface area (Å²) in [5, 5.41) is 0. The fraction of sp³-hybridized carbons (Fsp3) is 0.385. The first-order valence-corrected chi connectivity index (χ1v) is 5.86. The van der Waals surface area contributed by atoms with Gasteiger partial charge in [0.1, 0.15) is 0 Å². The fourth-order valence-corrected chi connectivity index (χ4v) is 2.18. The van der Waals surface area contributed by atoms with E-state index < -0.39 is 12.1 Å². The maximum Gasteiger partial charge on any atom is 0.267 e. The highest BCUT2D eigenvalue weighted by atomic mass is 16.5. The molecule has 0 aromatic heterocycles. The third-order valence-corrected chi connectivity index (χ3v) is 3.08. The van der Waals surface area contributed by atoms with Crippen LogP contribution in [0.25, 0.3) is 0 Å². The van der Waals surface area contributed by atoms with E-state index in [1.54, 1.807) is 13.0 Å². The van der Waals surface area contributed by atoms with E-state index >= 15 is 0 Å². The number of carbonyl (C=O) groups is 2. The number of carbonyl (C=O) groups excluding carboxylic acids is 2. The lowest BCUT2D eigenvalue weighted by Crippen LogP contribution is -2.46. The smallest absolute Gasteiger partial charge is 0.267 e. The lowest BCUT2D eigenvalue weighted by molar-refractivity contribution is -0.139. The molecule has 1 aliphatic heterocycles. The van der Waals surface area contributed by atoms with Crippen LogP contribution in [0, 0.1) is 6.92 Å². The first kappa shape index (κ1) is 12.6. The van der Waals surface area contributed by atoms with Gasteiger partial charge in [-0.25, -0.2) is 0 Å². The van der Waals surface area contributed by atoms with Gasteiger partial charge >= 0.3 is 0 Å². The van der Waals surface area contributed by atoms with E-state index in [9.17, 15) is 9.59 Å². The third kappa shape index (κ3) is 1.97. The van der Waals surface area contributed by atoms with Crippen LogP contribution in [-0.4, -0.2) is 29.5 Å². The Kier molecular flexibility index (Phi) is 3.34. The van der Waals surface area contributed by atoms with Gasteiger partial charge in [-0.3, -0.25) is 9.59 Å². The predicted molar refractivity (Wildman–Crippen MR) is 65.7 cm³/mol. The predicted octanol–water partition coefficient (Wildman–Crippen LogP) is 0.799. The average Bonchev–Trinajstić information content (AvgIpc) is 2.65. The average molecular weight is 248 g/mol. The summed E-state index contributed by atoms with van der Waals surface area (Å²) in [6.45, 7) is 4.39. The van der Waals surface area contributed by atoms with Crippen molar-refractivity contribution in [2.45, 2.75) is 26.6 Å². The Labute approximate surface area is 106 Å². The van der Waals surface area contributed by atoms with Crippen LogP contribution in [0.2, 0.25) is 0 Å². The van der Waals surface area contributed by atoms with Crippen LogP contribution in [0.3, 0.4) is 0 Å². The molecule has 1 atom stereocenters. The molecule has 96 valence electrons. The first-order chi connectivity index (χ1) is 8.56. The van der Waals surface area contributed by atoms with Gasteiger partial charge in [0.15, 0.2) is 0 Å². The highest BCUT2D eigenvalue weighted by Gasteiger charge is 2.36. The molecular formula is C13H16N2O3. The molecule has 1 heterocycles. The van der Waals surface area contributed by atoms with Gasteiger partial charge in [0, 0.05) is 12.2 Å². The second-order valence-electron chi connectivity index (χ2n) is 4.24. The number of hydrogen-bond acceptors (Lipinski definition) is 3. The van der Waals surface area contributed by atoms with Gasteiger partial charge in [-0.2, -0.15) is 0 Å². The zero-order valence-corrected chi connectivity index (χ0v) is 10.5. The Morgan fingerprint density at radius 2 is 2.28 bits per heavy atom. The van der Waals surface area contributed by atoms with Gasteiger partial charge in [-0.05, 0) is 31.0 Å². The molecule has 0 spiro atoms. The largest absolute Gasteiger partial charge is 0.366 e. The van der Waals surface area contributed by atoms with Gasteiger partial charge in [0.2, 0.25) is 6.23 Å². The van der Waals surface area contributed by atoms with Crippen LogP contribution >= 0.6 is 0 Å². The second kappa shape index (κ2) is 4.78. The maximum absolute atomic E-state index is 12.2. The Morgan fingerprint density at radius 3 is 2.83 bits per heavy atom. The first-order valence-electron chi connectivity index (χ1n) is 5.86. The zero-order valence-electron chi connectivity index (χ0n) is 10.5. The van der Waals surface area contributed by atoms with Crippen LogP contribution in [0.15, 0.2) is 18.2 Å². The van der Waals surface area contributed by atoms with Gasteiger partial charge < -0.3 is 15.4 Å². The number of nitrogens with two attached hydrogens (primary N) is 1. The van der Waals surface area contributed by atoms with Crippen molar-refractivity contribution >= 4 is 11.8 Å². The number of fused-ring (bicyclic) bond motifs is 1. The van der Waals surface area contributed by atoms with E-state index in [1.807, 2.05) is 19.1 Å². The summed E-state index contributed by atoms with van der Waals surface area (Å²) in [5.74, 6) is -0.846. The molecule has 18 heavy (non-hydrogen) atoms. The van der Waals surface area contributed by atoms with Crippen molar-refractivity contribution < 1.29 is 14.3 Å². The van der Waals surface area contributed by atoms with Crippen molar-refractivity contribution in [1.29, 1.82) is 0 Å². The number of hydrogen-bond donors (Lipinski definition) is 1. The van der Waals surface area contributed by atoms with Crippen molar-refractivity contribution in [3.8, 4) is 0 Å². The molecule has 5 heteroatoms. The van der Waals surface area contributed by atoms with Crippen LogP contribution in [-0.2, 0) is 16.1 Å². The number of nitrogens with zero attached hydrogens (tertiary/aromatic N) is 1. The maximum atomic E-state index is 12.2. The second-order valence-corrected chi connectivity index (χ2v) is 4.24. The van der Waals surface area contributed by atoms with Gasteiger partial charge in [0.25, 0.3) is 11.8 Å². The van der Waals surface area contributed by atoms with Crippen molar-refractivity contribution in [2.75, 3.05) is 6.61 Å². The fourth-order valence-electron chi connectivity index (χ4n) is 2.18. The molecule has 2 N–H and O–H groups in total. The highest BCUT2D eigenvalue weighted by molar-refractivity contribution is 6.00. The van der Waals surface area contributed by atoms with Crippen LogP contribution in [0.4, 0.5) is 0 Å². The summed E-state index contributed by atoms with van der Waals surface area (Å²) < 4.78 is 5.26. The van der Waals surface area contributed by atoms with E-state index in [-0.39, 0.29) is 5.91 Å². The summed E-state index contributed by atoms with van der Waals surface area (Å²) in [6, 6.07) is 5.53. The molecule has 1 unspecified atom stereocenters. The summed E-state index contributed by atoms with van der Waals surface area (Å²) >= 11 is 0. The standard InChI is InChI=1S/C13H16N2O3/c1-3-18-13(11(14)16)15-7-10-8(2)5-4-6-9(10)12(15)17/h4-6,13H,3,7H2,1-2H3,(H2,14,16). The van der Waals surface area contributed by atoms with E-state index in [4.69, 9.17) is 10.5 Å². The summed E-state index contributed by atoms with van der Waals surface area (Å²) in [4.78, 5) is 24.9. The number of amides is 2. The SMILES string of the molecule is CCOC(C(N)=O)N1Cc2c(C)cccc2C1=O. The van der Waals surface area contributed by atoms with Crippen molar-refractivity contribution in [3.63, 3.8) is 0 Å². The molecule has 0 saturated heterocycles. The van der Waals surface area contributed by atoms with Crippen molar-refractivity contribution in [2.24, 2.45) is 5.73 Å². The van der Waals surface area contributed by atoms with E-state index in [0.717, 1.165) is 11.1 Å². The monoisotopic (exact) mass is 248 g/mol. The minimum atomic E-state index is -0.991.